The van der Waals surface area contributed by atoms with Gasteiger partial charge in [0.15, 0.2) is 0 Å². The Labute approximate surface area is 109 Å². The number of aryl methyl sites for hydroxylation is 1. The van der Waals surface area contributed by atoms with Gasteiger partial charge in [-0.25, -0.2) is 9.50 Å². The summed E-state index contributed by atoms with van der Waals surface area (Å²) in [6.45, 7) is 4.43. The number of aromatic nitrogens is 4. The smallest absolute Gasteiger partial charge is 0.293 e. The van der Waals surface area contributed by atoms with Crippen molar-refractivity contribution >= 4 is 11.7 Å². The molecule has 2 aromatic rings. The van der Waals surface area contributed by atoms with Crippen LogP contribution in [0.1, 0.15) is 29.7 Å². The molecule has 0 aliphatic carbocycles. The van der Waals surface area contributed by atoms with Crippen LogP contribution in [-0.2, 0) is 0 Å². The van der Waals surface area contributed by atoms with Crippen LogP contribution in [0.2, 0.25) is 0 Å². The number of carbonyl (C=O) groups is 1. The number of likely N-dealkylation sites (tertiary alicyclic amines) is 1. The van der Waals surface area contributed by atoms with Crippen molar-refractivity contribution in [2.75, 3.05) is 13.1 Å². The first-order valence-electron chi connectivity index (χ1n) is 6.16. The summed E-state index contributed by atoms with van der Waals surface area (Å²) in [6.07, 6.45) is 2.21. The molecule has 1 unspecified atom stereocenters. The molecule has 1 atom stereocenters. The van der Waals surface area contributed by atoms with E-state index in [0.717, 1.165) is 5.69 Å². The second kappa shape index (κ2) is 3.99. The number of carbonyl (C=O) groups excluding carboxylic acids is 1. The topological polar surface area (TPSA) is 83.6 Å². The van der Waals surface area contributed by atoms with Crippen molar-refractivity contribution < 1.29 is 9.90 Å². The highest BCUT2D eigenvalue weighted by atomic mass is 16.3. The highest BCUT2D eigenvalue weighted by molar-refractivity contribution is 5.91. The molecule has 19 heavy (non-hydrogen) atoms. The molecule has 0 saturated carbocycles. The van der Waals surface area contributed by atoms with Crippen LogP contribution in [0.15, 0.2) is 12.3 Å². The first kappa shape index (κ1) is 12.0. The third-order valence-electron chi connectivity index (χ3n) is 3.36. The molecular formula is C12H15N5O2. The Kier molecular flexibility index (Phi) is 2.53. The summed E-state index contributed by atoms with van der Waals surface area (Å²) in [5.74, 6) is 0.275. The maximum Gasteiger partial charge on any atom is 0.293 e. The van der Waals surface area contributed by atoms with Gasteiger partial charge in [0.05, 0.1) is 5.60 Å². The Hall–Kier alpha value is -2.02. The van der Waals surface area contributed by atoms with E-state index in [1.165, 1.54) is 0 Å². The van der Waals surface area contributed by atoms with Gasteiger partial charge in [0.25, 0.3) is 11.7 Å². The number of aliphatic hydroxyl groups is 1. The van der Waals surface area contributed by atoms with Gasteiger partial charge in [-0.2, -0.15) is 4.98 Å². The van der Waals surface area contributed by atoms with Gasteiger partial charge in [-0.3, -0.25) is 4.79 Å². The molecule has 2 aromatic heterocycles. The first-order chi connectivity index (χ1) is 8.96. The molecule has 7 nitrogen and oxygen atoms in total. The van der Waals surface area contributed by atoms with Crippen molar-refractivity contribution in [1.82, 2.24) is 24.5 Å². The van der Waals surface area contributed by atoms with E-state index in [1.807, 2.05) is 6.92 Å². The lowest BCUT2D eigenvalue weighted by Crippen LogP contribution is -2.34. The second-order valence-electron chi connectivity index (χ2n) is 5.21. The van der Waals surface area contributed by atoms with Crippen molar-refractivity contribution in [2.45, 2.75) is 25.9 Å². The highest BCUT2D eigenvalue weighted by Gasteiger charge is 2.35. The molecule has 7 heteroatoms. The van der Waals surface area contributed by atoms with Crippen molar-refractivity contribution in [2.24, 2.45) is 0 Å². The first-order valence-corrected chi connectivity index (χ1v) is 6.16. The fraction of sp³-hybridized carbons (Fsp3) is 0.500. The zero-order valence-corrected chi connectivity index (χ0v) is 10.9. The fourth-order valence-electron chi connectivity index (χ4n) is 2.26. The SMILES string of the molecule is Cc1ccnc2nc(C(=O)N3CCC(C)(O)C3)nn12. The van der Waals surface area contributed by atoms with E-state index < -0.39 is 5.60 Å². The van der Waals surface area contributed by atoms with E-state index in [-0.39, 0.29) is 11.7 Å². The van der Waals surface area contributed by atoms with E-state index in [2.05, 4.69) is 15.1 Å². The summed E-state index contributed by atoms with van der Waals surface area (Å²) in [6, 6.07) is 1.80. The minimum Gasteiger partial charge on any atom is -0.388 e. The highest BCUT2D eigenvalue weighted by Crippen LogP contribution is 2.21. The third kappa shape index (κ3) is 2.06. The summed E-state index contributed by atoms with van der Waals surface area (Å²) in [7, 11) is 0. The number of nitrogens with zero attached hydrogens (tertiary/aromatic N) is 5. The van der Waals surface area contributed by atoms with E-state index in [0.29, 0.717) is 25.3 Å². The monoisotopic (exact) mass is 261 g/mol. The number of β-amino-alcohol motifs (C(OH)–C–C–N with tert-alkyl or cyclic N) is 1. The Bertz CT molecular complexity index is 649. The minimum absolute atomic E-state index is 0.125. The van der Waals surface area contributed by atoms with Crippen molar-refractivity contribution in [3.05, 3.63) is 23.8 Å². The molecule has 1 aliphatic rings. The summed E-state index contributed by atoms with van der Waals surface area (Å²) in [4.78, 5) is 22.0. The molecule has 1 saturated heterocycles. The molecule has 1 aliphatic heterocycles. The number of fused-ring (bicyclic) bond motifs is 1. The molecule has 1 fully saturated rings. The lowest BCUT2D eigenvalue weighted by molar-refractivity contribution is 0.0565. The number of rotatable bonds is 1. The molecule has 0 radical (unpaired) electrons. The van der Waals surface area contributed by atoms with Crippen LogP contribution in [0.25, 0.3) is 5.78 Å². The summed E-state index contributed by atoms with van der Waals surface area (Å²) >= 11 is 0. The van der Waals surface area contributed by atoms with Gasteiger partial charge in [-0.1, -0.05) is 0 Å². The predicted molar refractivity (Wildman–Crippen MR) is 66.7 cm³/mol. The van der Waals surface area contributed by atoms with Gasteiger partial charge in [0.2, 0.25) is 5.82 Å². The fourth-order valence-corrected chi connectivity index (χ4v) is 2.26. The molecular weight excluding hydrogens is 246 g/mol. The van der Waals surface area contributed by atoms with Gasteiger partial charge >= 0.3 is 0 Å². The van der Waals surface area contributed by atoms with E-state index in [4.69, 9.17) is 0 Å². The molecule has 0 bridgehead atoms. The van der Waals surface area contributed by atoms with Gasteiger partial charge in [-0.05, 0) is 26.3 Å². The molecule has 100 valence electrons. The lowest BCUT2D eigenvalue weighted by atomic mass is 10.1. The summed E-state index contributed by atoms with van der Waals surface area (Å²) in [5.41, 5.74) is 0.0492. The van der Waals surface area contributed by atoms with Gasteiger partial charge < -0.3 is 10.0 Å². The summed E-state index contributed by atoms with van der Waals surface area (Å²) < 4.78 is 1.54. The predicted octanol–water partition coefficient (Wildman–Crippen LogP) is 0.0296. The largest absolute Gasteiger partial charge is 0.388 e. The quantitative estimate of drug-likeness (QED) is 0.783. The Morgan fingerprint density at radius 2 is 2.32 bits per heavy atom. The maximum absolute atomic E-state index is 12.3. The van der Waals surface area contributed by atoms with E-state index >= 15 is 0 Å². The minimum atomic E-state index is -0.816. The lowest BCUT2D eigenvalue weighted by Gasteiger charge is -2.17. The standard InChI is InChI=1S/C12H15N5O2/c1-8-3-5-13-11-14-9(15-17(8)11)10(18)16-6-4-12(2,19)7-16/h3,5,19H,4,6-7H2,1-2H3. The maximum atomic E-state index is 12.3. The Morgan fingerprint density at radius 1 is 1.53 bits per heavy atom. The zero-order chi connectivity index (χ0) is 13.6. The van der Waals surface area contributed by atoms with Gasteiger partial charge in [0, 0.05) is 25.0 Å². The number of hydrogen-bond acceptors (Lipinski definition) is 5. The van der Waals surface area contributed by atoms with E-state index in [9.17, 15) is 9.90 Å². The Morgan fingerprint density at radius 3 is 2.95 bits per heavy atom. The summed E-state index contributed by atoms with van der Waals surface area (Å²) in [5, 5.41) is 14.1. The van der Waals surface area contributed by atoms with Gasteiger partial charge in [-0.15, -0.1) is 5.10 Å². The number of hydrogen-bond donors (Lipinski definition) is 1. The van der Waals surface area contributed by atoms with Gasteiger partial charge in [0.1, 0.15) is 0 Å². The Balaban J connectivity index is 1.92. The molecule has 1 N–H and O–H groups in total. The van der Waals surface area contributed by atoms with Crippen molar-refractivity contribution in [3.8, 4) is 0 Å². The average Bonchev–Trinajstić information content (AvgIpc) is 2.92. The van der Waals surface area contributed by atoms with Crippen LogP contribution in [0.3, 0.4) is 0 Å². The third-order valence-corrected chi connectivity index (χ3v) is 3.36. The van der Waals surface area contributed by atoms with Crippen LogP contribution in [0.4, 0.5) is 0 Å². The molecule has 0 spiro atoms. The molecule has 3 heterocycles. The second-order valence-corrected chi connectivity index (χ2v) is 5.21. The van der Waals surface area contributed by atoms with Crippen molar-refractivity contribution in [1.29, 1.82) is 0 Å². The molecule has 0 aromatic carbocycles. The zero-order valence-electron chi connectivity index (χ0n) is 10.9. The van der Waals surface area contributed by atoms with Crippen LogP contribution >= 0.6 is 0 Å². The molecule has 3 rings (SSSR count). The normalized spacial score (nSPS) is 23.2. The van der Waals surface area contributed by atoms with E-state index in [1.54, 1.807) is 28.6 Å². The average molecular weight is 261 g/mol. The van der Waals surface area contributed by atoms with Crippen LogP contribution in [0.5, 0.6) is 0 Å². The number of amides is 1. The molecule has 1 amide bonds. The van der Waals surface area contributed by atoms with Crippen LogP contribution < -0.4 is 0 Å². The van der Waals surface area contributed by atoms with Crippen LogP contribution in [0, 0.1) is 6.92 Å². The van der Waals surface area contributed by atoms with Crippen LogP contribution in [-0.4, -0.2) is 54.2 Å². The van der Waals surface area contributed by atoms with Crippen molar-refractivity contribution in [3.63, 3.8) is 0 Å².